The fourth-order valence-electron chi connectivity index (χ4n) is 9.42. The van der Waals surface area contributed by atoms with E-state index >= 15 is 4.39 Å². The number of hydrogen-bond donors (Lipinski definition) is 3. The number of allylic oxidation sites excluding steroid dienone is 4. The van der Waals surface area contributed by atoms with Gasteiger partial charge < -0.3 is 15.3 Å². The number of rotatable bonds is 2. The zero-order chi connectivity index (χ0) is 24.4. The first-order valence-corrected chi connectivity index (χ1v) is 11.6. The van der Waals surface area contributed by atoms with Gasteiger partial charge in [0, 0.05) is 21.7 Å². The number of halogens is 1. The average molecular weight is 449 g/mol. The molecule has 5 nitrogen and oxygen atoms in total. The number of Topliss-reactive ketones (excluding diaryl/α,β-unsaturated/α-hetero) is 1. The van der Waals surface area contributed by atoms with Crippen LogP contribution in [0.1, 0.15) is 74.1 Å². The molecule has 3 N–H and O–H groups in total. The van der Waals surface area contributed by atoms with E-state index < -0.39 is 56.3 Å². The second kappa shape index (κ2) is 6.00. The number of hydrogen-bond acceptors (Lipinski definition) is 5. The van der Waals surface area contributed by atoms with Crippen LogP contribution in [0.15, 0.2) is 23.8 Å². The Morgan fingerprint density at radius 1 is 1.00 bits per heavy atom. The Labute approximate surface area is 189 Å². The molecule has 0 bridgehead atoms. The van der Waals surface area contributed by atoms with Gasteiger partial charge in [-0.15, -0.1) is 0 Å². The summed E-state index contributed by atoms with van der Waals surface area (Å²) in [5.74, 6) is -0.869. The lowest BCUT2D eigenvalue weighted by Crippen LogP contribution is -2.80. The summed E-state index contributed by atoms with van der Waals surface area (Å²) in [6.07, 6.45) is 5.54. The van der Waals surface area contributed by atoms with Crippen molar-refractivity contribution in [1.82, 2.24) is 0 Å². The number of alkyl halides is 1. The molecule has 0 aliphatic heterocycles. The number of aliphatic hydroxyl groups excluding tert-OH is 1. The first-order valence-electron chi connectivity index (χ1n) is 11.6. The molecule has 7 unspecified atom stereocenters. The van der Waals surface area contributed by atoms with Crippen LogP contribution in [-0.4, -0.2) is 50.4 Å². The van der Waals surface area contributed by atoms with Crippen LogP contribution in [0, 0.1) is 27.1 Å². The summed E-state index contributed by atoms with van der Waals surface area (Å²) < 4.78 is 18.0. The molecule has 3 fully saturated rings. The zero-order valence-electron chi connectivity index (χ0n) is 20.3. The lowest BCUT2D eigenvalue weighted by atomic mass is 9.32. The van der Waals surface area contributed by atoms with Crippen LogP contribution in [0.4, 0.5) is 4.39 Å². The summed E-state index contributed by atoms with van der Waals surface area (Å²) in [5.41, 5.74) is -10.7. The third-order valence-corrected chi connectivity index (χ3v) is 10.9. The molecular weight excluding hydrogens is 411 g/mol. The van der Waals surface area contributed by atoms with Gasteiger partial charge in [0.05, 0.1) is 5.60 Å². The predicted octanol–water partition coefficient (Wildman–Crippen LogP) is 3.46. The second-order valence-corrected chi connectivity index (χ2v) is 12.6. The Balaban J connectivity index is 2.05. The van der Waals surface area contributed by atoms with Crippen molar-refractivity contribution in [2.45, 2.75) is 91.0 Å². The first-order chi connectivity index (χ1) is 14.4. The van der Waals surface area contributed by atoms with E-state index in [1.54, 1.807) is 33.8 Å². The molecule has 0 aromatic carbocycles. The molecule has 0 aromatic heterocycles. The fourth-order valence-corrected chi connectivity index (χ4v) is 9.42. The maximum atomic E-state index is 18.0. The number of carbonyl (C=O) groups is 2. The Kier molecular flexibility index (Phi) is 4.46. The normalized spacial score (nSPS) is 53.8. The van der Waals surface area contributed by atoms with Gasteiger partial charge in [0.15, 0.2) is 17.2 Å². The molecule has 3 saturated carbocycles. The quantitative estimate of drug-likeness (QED) is 0.601. The summed E-state index contributed by atoms with van der Waals surface area (Å²) in [6, 6.07) is 0. The van der Waals surface area contributed by atoms with Crippen LogP contribution in [0.5, 0.6) is 0 Å². The maximum Gasteiger partial charge on any atom is 0.190 e. The standard InChI is InChI=1S/C26H37FO5/c1-19(2)14-22(5)21(4)11-8-16-12-17(29)9-10-20(16,3)26(21,27)24(7,31)15-23(22,6)25(19,32)18(30)13-28/h9-10,12,28,31-32H,8,11,13-15H2,1-7H3. The highest BCUT2D eigenvalue weighted by Crippen LogP contribution is 2.83. The minimum Gasteiger partial charge on any atom is -0.388 e. The van der Waals surface area contributed by atoms with Crippen molar-refractivity contribution in [3.05, 3.63) is 23.8 Å². The van der Waals surface area contributed by atoms with Crippen molar-refractivity contribution >= 4 is 11.6 Å². The topological polar surface area (TPSA) is 94.8 Å². The lowest BCUT2D eigenvalue weighted by molar-refractivity contribution is -0.321. The van der Waals surface area contributed by atoms with Crippen molar-refractivity contribution in [3.8, 4) is 0 Å². The maximum absolute atomic E-state index is 18.0. The Hall–Kier alpha value is -1.37. The molecule has 7 atom stereocenters. The average Bonchev–Trinajstić information content (AvgIpc) is 2.80. The van der Waals surface area contributed by atoms with E-state index in [9.17, 15) is 24.9 Å². The van der Waals surface area contributed by atoms with Crippen LogP contribution in [-0.2, 0) is 9.59 Å². The largest absolute Gasteiger partial charge is 0.388 e. The van der Waals surface area contributed by atoms with Crippen LogP contribution >= 0.6 is 0 Å². The van der Waals surface area contributed by atoms with Crippen LogP contribution in [0.3, 0.4) is 0 Å². The number of carbonyl (C=O) groups excluding carboxylic acids is 2. The van der Waals surface area contributed by atoms with Crippen LogP contribution in [0.25, 0.3) is 0 Å². The molecule has 0 amide bonds. The third kappa shape index (κ3) is 2.04. The molecule has 178 valence electrons. The Morgan fingerprint density at radius 2 is 1.59 bits per heavy atom. The SMILES string of the molecule is CC1(C)CC2(C)C(C)(CC(C)(O)C3(F)C4(C)C=CC(=O)C=C4CCC23C)C1(O)C(=O)CO. The molecule has 0 spiro atoms. The fraction of sp³-hybridized carbons (Fsp3) is 0.769. The Bertz CT molecular complexity index is 981. The van der Waals surface area contributed by atoms with Gasteiger partial charge in [-0.2, -0.15) is 0 Å². The molecule has 32 heavy (non-hydrogen) atoms. The zero-order valence-corrected chi connectivity index (χ0v) is 20.3. The van der Waals surface area contributed by atoms with Crippen molar-refractivity contribution < 1.29 is 29.3 Å². The summed E-state index contributed by atoms with van der Waals surface area (Å²) >= 11 is 0. The molecule has 0 heterocycles. The van der Waals surface area contributed by atoms with E-state index in [2.05, 4.69) is 0 Å². The van der Waals surface area contributed by atoms with Gasteiger partial charge in [-0.1, -0.05) is 46.3 Å². The van der Waals surface area contributed by atoms with Gasteiger partial charge in [-0.25, -0.2) is 4.39 Å². The molecular formula is C26H37FO5. The molecule has 6 heteroatoms. The van der Waals surface area contributed by atoms with Gasteiger partial charge in [0.1, 0.15) is 12.2 Å². The van der Waals surface area contributed by atoms with Crippen molar-refractivity contribution in [2.24, 2.45) is 27.1 Å². The highest BCUT2D eigenvalue weighted by molar-refractivity contribution is 6.01. The molecule has 4 aliphatic rings. The van der Waals surface area contributed by atoms with Crippen LogP contribution in [0.2, 0.25) is 0 Å². The summed E-state index contributed by atoms with van der Waals surface area (Å²) in [7, 11) is 0. The lowest BCUT2D eigenvalue weighted by Gasteiger charge is -2.74. The van der Waals surface area contributed by atoms with Crippen molar-refractivity contribution in [3.63, 3.8) is 0 Å². The van der Waals surface area contributed by atoms with E-state index in [1.165, 1.54) is 19.1 Å². The molecule has 0 aromatic rings. The van der Waals surface area contributed by atoms with E-state index in [0.717, 1.165) is 0 Å². The number of aliphatic hydroxyl groups is 3. The van der Waals surface area contributed by atoms with Crippen LogP contribution < -0.4 is 0 Å². The first kappa shape index (κ1) is 23.8. The van der Waals surface area contributed by atoms with E-state index in [1.807, 2.05) is 13.8 Å². The van der Waals surface area contributed by atoms with E-state index in [0.29, 0.717) is 24.8 Å². The highest BCUT2D eigenvalue weighted by atomic mass is 19.1. The van der Waals surface area contributed by atoms with E-state index in [-0.39, 0.29) is 12.2 Å². The molecule has 4 rings (SSSR count). The van der Waals surface area contributed by atoms with Crippen molar-refractivity contribution in [2.75, 3.05) is 6.61 Å². The second-order valence-electron chi connectivity index (χ2n) is 12.6. The van der Waals surface area contributed by atoms with Crippen molar-refractivity contribution in [1.29, 1.82) is 0 Å². The van der Waals surface area contributed by atoms with Gasteiger partial charge in [-0.3, -0.25) is 9.59 Å². The molecule has 0 saturated heterocycles. The monoisotopic (exact) mass is 448 g/mol. The highest BCUT2D eigenvalue weighted by Gasteiger charge is 2.87. The minimum absolute atomic E-state index is 0.154. The minimum atomic E-state index is -2.16. The van der Waals surface area contributed by atoms with Gasteiger partial charge in [0.2, 0.25) is 0 Å². The molecule has 4 aliphatic carbocycles. The summed E-state index contributed by atoms with van der Waals surface area (Å²) in [6.45, 7) is 11.6. The predicted molar refractivity (Wildman–Crippen MR) is 118 cm³/mol. The van der Waals surface area contributed by atoms with Gasteiger partial charge >= 0.3 is 0 Å². The van der Waals surface area contributed by atoms with E-state index in [4.69, 9.17) is 0 Å². The smallest absolute Gasteiger partial charge is 0.190 e. The summed E-state index contributed by atoms with van der Waals surface area (Å²) in [4.78, 5) is 25.2. The third-order valence-electron chi connectivity index (χ3n) is 10.9. The number of ketones is 2. The Morgan fingerprint density at radius 3 is 2.16 bits per heavy atom. The molecule has 0 radical (unpaired) electrons. The van der Waals surface area contributed by atoms with Gasteiger partial charge in [-0.05, 0) is 57.1 Å². The number of fused-ring (bicyclic) bond motifs is 5. The van der Waals surface area contributed by atoms with Gasteiger partial charge in [0.25, 0.3) is 0 Å². The summed E-state index contributed by atoms with van der Waals surface area (Å²) in [5, 5.41) is 33.8.